The highest BCUT2D eigenvalue weighted by Crippen LogP contribution is 2.22. The molecule has 2 aromatic carbocycles. The van der Waals surface area contributed by atoms with Crippen LogP contribution in [-0.2, 0) is 16.0 Å². The number of carbonyl (C=O) groups excluding carboxylic acids is 2. The van der Waals surface area contributed by atoms with Crippen LogP contribution in [0.25, 0.3) is 10.8 Å². The van der Waals surface area contributed by atoms with Gasteiger partial charge in [-0.15, -0.1) is 0 Å². The summed E-state index contributed by atoms with van der Waals surface area (Å²) in [7, 11) is -1.14. The van der Waals surface area contributed by atoms with Crippen molar-refractivity contribution in [1.29, 1.82) is 0 Å². The van der Waals surface area contributed by atoms with E-state index in [4.69, 9.17) is 5.73 Å². The Bertz CT molecular complexity index is 1170. The molecule has 0 saturated carbocycles. The Kier molecular flexibility index (Phi) is 6.89. The molecule has 0 radical (unpaired) electrons. The Labute approximate surface area is 187 Å². The minimum Gasteiger partial charge on any atom is -0.427 e. The fourth-order valence-corrected chi connectivity index (χ4v) is 3.75. The number of hydrogen-bond acceptors (Lipinski definition) is 6. The van der Waals surface area contributed by atoms with Crippen LogP contribution < -0.4 is 11.2 Å². The van der Waals surface area contributed by atoms with Crippen molar-refractivity contribution in [2.24, 2.45) is 10.8 Å². The van der Waals surface area contributed by atoms with Crippen LogP contribution in [0.4, 0.5) is 0 Å². The molecule has 4 rings (SSSR count). The highest BCUT2D eigenvalue weighted by molar-refractivity contribution is 7.59. The van der Waals surface area contributed by atoms with Crippen molar-refractivity contribution < 1.29 is 14.6 Å². The Morgan fingerprint density at radius 1 is 1.16 bits per heavy atom. The van der Waals surface area contributed by atoms with Crippen LogP contribution in [0.15, 0.2) is 60.0 Å². The molecule has 3 N–H and O–H groups in total. The number of aromatic nitrogens is 1. The summed E-state index contributed by atoms with van der Waals surface area (Å²) in [6.07, 6.45) is 5.31. The summed E-state index contributed by atoms with van der Waals surface area (Å²) in [5.41, 5.74) is 8.87. The van der Waals surface area contributed by atoms with Crippen LogP contribution in [0.3, 0.4) is 0 Å². The maximum absolute atomic E-state index is 13.0. The van der Waals surface area contributed by atoms with Gasteiger partial charge in [-0.3, -0.25) is 14.6 Å². The Morgan fingerprint density at radius 2 is 1.97 bits per heavy atom. The average Bonchev–Trinajstić information content (AvgIpc) is 2.74. The molecule has 0 spiro atoms. The van der Waals surface area contributed by atoms with E-state index in [2.05, 4.69) is 10.1 Å². The van der Waals surface area contributed by atoms with Crippen LogP contribution in [0, 0.1) is 0 Å². The van der Waals surface area contributed by atoms with Gasteiger partial charge in [-0.05, 0) is 39.7 Å². The van der Waals surface area contributed by atoms with E-state index in [0.29, 0.717) is 11.0 Å². The molecule has 1 aliphatic rings. The van der Waals surface area contributed by atoms with Gasteiger partial charge in [0, 0.05) is 37.7 Å². The quantitative estimate of drug-likeness (QED) is 0.585. The number of hydrazone groups is 1. The number of amides is 1. The number of hydrogen-bond donors (Lipinski definition) is 2. The van der Waals surface area contributed by atoms with Crippen molar-refractivity contribution in [1.82, 2.24) is 9.90 Å². The van der Waals surface area contributed by atoms with Crippen LogP contribution in [0.1, 0.15) is 29.5 Å². The topological polar surface area (TPSA) is 109 Å². The van der Waals surface area contributed by atoms with E-state index < -0.39 is 13.0 Å². The number of ketones is 1. The van der Waals surface area contributed by atoms with Gasteiger partial charge in [0.05, 0.1) is 12.1 Å². The summed E-state index contributed by atoms with van der Waals surface area (Å²) in [5.74, 6) is -0.806. The first-order chi connectivity index (χ1) is 14.5. The number of Topliss-reactive ketones (excluding diaryl/α,β-unsaturated/α-hetero) is 1. The van der Waals surface area contributed by atoms with Crippen molar-refractivity contribution in [3.8, 4) is 0 Å². The zero-order valence-electron chi connectivity index (χ0n) is 17.0. The predicted octanol–water partition coefficient (Wildman–Crippen LogP) is 1.09. The predicted molar refractivity (Wildman–Crippen MR) is 127 cm³/mol. The lowest BCUT2D eigenvalue weighted by Crippen LogP contribution is -2.51. The number of pyridine rings is 1. The molecule has 1 amide bonds. The van der Waals surface area contributed by atoms with Crippen molar-refractivity contribution in [3.63, 3.8) is 0 Å². The van der Waals surface area contributed by atoms with E-state index in [-0.39, 0.29) is 38.2 Å². The molecule has 3 aromatic rings. The molecule has 0 unspecified atom stereocenters. The summed E-state index contributed by atoms with van der Waals surface area (Å²) in [4.78, 5) is 29.7. The first-order valence-electron chi connectivity index (χ1n) is 9.69. The van der Waals surface area contributed by atoms with Gasteiger partial charge in [-0.1, -0.05) is 30.3 Å². The third-order valence-corrected chi connectivity index (χ3v) is 5.37. The van der Waals surface area contributed by atoms with Gasteiger partial charge in [0.25, 0.3) is 0 Å². The minimum absolute atomic E-state index is 0. The third kappa shape index (κ3) is 4.53. The Morgan fingerprint density at radius 3 is 2.71 bits per heavy atom. The summed E-state index contributed by atoms with van der Waals surface area (Å²) in [6, 6.07) is 13.1. The molecule has 0 saturated heterocycles. The number of rotatable bonds is 5. The molecular formula is C22H23BN4O3S. The average molecular weight is 434 g/mol. The second-order valence-corrected chi connectivity index (χ2v) is 7.36. The Balaban J connectivity index is 0.00000272. The van der Waals surface area contributed by atoms with Gasteiger partial charge < -0.3 is 10.8 Å². The lowest BCUT2D eigenvalue weighted by Gasteiger charge is -2.25. The molecule has 7 nitrogen and oxygen atoms in total. The highest BCUT2D eigenvalue weighted by atomic mass is 32.1. The molecule has 31 heavy (non-hydrogen) atoms. The third-order valence-electron chi connectivity index (χ3n) is 5.37. The van der Waals surface area contributed by atoms with Gasteiger partial charge in [0.15, 0.2) is 0 Å². The SMILES string of the molecule is CC(=O)N1N=Cc2cc([C@@H](CN)C(=O)Cc3ccc4cnccc4c3)ccc2B1O.S. The van der Waals surface area contributed by atoms with Crippen LogP contribution in [-0.4, -0.2) is 46.4 Å². The normalized spacial score (nSPS) is 13.5. The molecule has 0 aliphatic carbocycles. The lowest BCUT2D eigenvalue weighted by atomic mass is 9.69. The van der Waals surface area contributed by atoms with Crippen molar-refractivity contribution in [2.75, 3.05) is 6.54 Å². The van der Waals surface area contributed by atoms with E-state index >= 15 is 0 Å². The first kappa shape index (κ1) is 22.7. The van der Waals surface area contributed by atoms with E-state index in [1.54, 1.807) is 30.6 Å². The fourth-order valence-electron chi connectivity index (χ4n) is 3.75. The number of carbonyl (C=O) groups is 2. The van der Waals surface area contributed by atoms with Gasteiger partial charge in [0.1, 0.15) is 5.78 Å². The van der Waals surface area contributed by atoms with Gasteiger partial charge in [0.2, 0.25) is 5.91 Å². The van der Waals surface area contributed by atoms with E-state index in [9.17, 15) is 14.6 Å². The lowest BCUT2D eigenvalue weighted by molar-refractivity contribution is -0.125. The maximum Gasteiger partial charge on any atom is 0.474 e. The zero-order valence-corrected chi connectivity index (χ0v) is 18.0. The number of fused-ring (bicyclic) bond motifs is 2. The second kappa shape index (κ2) is 9.42. The van der Waals surface area contributed by atoms with Crippen molar-refractivity contribution in [2.45, 2.75) is 19.3 Å². The molecule has 0 bridgehead atoms. The van der Waals surface area contributed by atoms with Crippen LogP contribution in [0.2, 0.25) is 0 Å². The van der Waals surface area contributed by atoms with Gasteiger partial charge >= 0.3 is 7.05 Å². The fraction of sp³-hybridized carbons (Fsp3) is 0.182. The maximum atomic E-state index is 13.0. The minimum atomic E-state index is -1.14. The van der Waals surface area contributed by atoms with Crippen molar-refractivity contribution >= 4 is 54.7 Å². The molecule has 1 aliphatic heterocycles. The van der Waals surface area contributed by atoms with Crippen LogP contribution >= 0.6 is 13.5 Å². The summed E-state index contributed by atoms with van der Waals surface area (Å²) < 4.78 is 0. The summed E-state index contributed by atoms with van der Waals surface area (Å²) in [6.45, 7) is 1.51. The molecule has 0 fully saturated rings. The monoisotopic (exact) mass is 434 g/mol. The smallest absolute Gasteiger partial charge is 0.427 e. The molecular weight excluding hydrogens is 411 g/mol. The van der Waals surface area contributed by atoms with E-state index in [1.807, 2.05) is 24.3 Å². The summed E-state index contributed by atoms with van der Waals surface area (Å²) >= 11 is 0. The molecule has 9 heteroatoms. The molecule has 1 atom stereocenters. The number of nitrogens with zero attached hydrogens (tertiary/aromatic N) is 3. The van der Waals surface area contributed by atoms with Crippen LogP contribution in [0.5, 0.6) is 0 Å². The molecule has 1 aromatic heterocycles. The largest absolute Gasteiger partial charge is 0.474 e. The second-order valence-electron chi connectivity index (χ2n) is 7.36. The van der Waals surface area contributed by atoms with Gasteiger partial charge in [-0.25, -0.2) is 4.92 Å². The number of benzene rings is 2. The highest BCUT2D eigenvalue weighted by Gasteiger charge is 2.32. The van der Waals surface area contributed by atoms with Gasteiger partial charge in [-0.2, -0.15) is 18.6 Å². The zero-order chi connectivity index (χ0) is 21.3. The first-order valence-corrected chi connectivity index (χ1v) is 9.69. The standard InChI is InChI=1S/C22H21BN4O3.H2S/c1-14(28)27-23(30)21-5-4-17(10-19(21)13-26-27)20(11-24)22(29)9-15-2-3-18-12-25-7-6-16(18)8-15;/h2-8,10,12-13,20,30H,9,11,24H2,1H3;1H2/t20-;/m1./s1. The number of nitrogens with two attached hydrogens (primary N) is 1. The molecule has 2 heterocycles. The van der Waals surface area contributed by atoms with E-state index in [0.717, 1.165) is 26.8 Å². The van der Waals surface area contributed by atoms with Crippen molar-refractivity contribution in [3.05, 3.63) is 71.5 Å². The van der Waals surface area contributed by atoms with E-state index in [1.165, 1.54) is 13.1 Å². The Hall–Kier alpha value is -3.01. The molecule has 158 valence electrons. The summed E-state index contributed by atoms with van der Waals surface area (Å²) in [5, 5.41) is 16.4.